The lowest BCUT2D eigenvalue weighted by Crippen LogP contribution is -2.24. The van der Waals surface area contributed by atoms with Gasteiger partial charge in [0.2, 0.25) is 10.0 Å². The SMILES string of the molecule is CC(C)(C)c1nccc(OC2CC2)c1S(N)(=O)=O. The molecule has 0 spiro atoms. The average Bonchev–Trinajstić information content (AvgIpc) is 2.98. The van der Waals surface area contributed by atoms with E-state index in [1.165, 1.54) is 0 Å². The van der Waals surface area contributed by atoms with Crippen LogP contribution in [0.1, 0.15) is 39.3 Å². The summed E-state index contributed by atoms with van der Waals surface area (Å²) in [5, 5.41) is 5.30. The zero-order valence-electron chi connectivity index (χ0n) is 10.8. The highest BCUT2D eigenvalue weighted by Crippen LogP contribution is 2.36. The number of ether oxygens (including phenoxy) is 1. The number of sulfonamides is 1. The van der Waals surface area contributed by atoms with Crippen molar-refractivity contribution in [2.75, 3.05) is 0 Å². The molecule has 2 rings (SSSR count). The third-order valence-corrected chi connectivity index (χ3v) is 3.64. The Morgan fingerprint density at radius 2 is 2.00 bits per heavy atom. The lowest BCUT2D eigenvalue weighted by atomic mass is 9.91. The Morgan fingerprint density at radius 1 is 1.39 bits per heavy atom. The summed E-state index contributed by atoms with van der Waals surface area (Å²) in [7, 11) is -3.85. The molecule has 100 valence electrons. The molecule has 18 heavy (non-hydrogen) atoms. The fourth-order valence-electron chi connectivity index (χ4n) is 1.70. The summed E-state index contributed by atoms with van der Waals surface area (Å²) in [4.78, 5) is 4.18. The predicted molar refractivity (Wildman–Crippen MR) is 68.0 cm³/mol. The summed E-state index contributed by atoms with van der Waals surface area (Å²) in [5.74, 6) is 0.319. The van der Waals surface area contributed by atoms with Crippen molar-refractivity contribution in [2.45, 2.75) is 50.0 Å². The Kier molecular flexibility index (Phi) is 3.11. The smallest absolute Gasteiger partial charge is 0.243 e. The topological polar surface area (TPSA) is 82.3 Å². The minimum atomic E-state index is -3.85. The molecule has 0 saturated heterocycles. The molecular weight excluding hydrogens is 252 g/mol. The van der Waals surface area contributed by atoms with Gasteiger partial charge in [0, 0.05) is 11.6 Å². The van der Waals surface area contributed by atoms with Crippen molar-refractivity contribution in [1.29, 1.82) is 0 Å². The van der Waals surface area contributed by atoms with E-state index >= 15 is 0 Å². The van der Waals surface area contributed by atoms with E-state index in [9.17, 15) is 8.42 Å². The van der Waals surface area contributed by atoms with Crippen LogP contribution in [-0.2, 0) is 15.4 Å². The molecule has 0 aliphatic heterocycles. The third-order valence-electron chi connectivity index (χ3n) is 2.68. The number of nitrogens with two attached hydrogens (primary N) is 1. The van der Waals surface area contributed by atoms with Gasteiger partial charge in [-0.25, -0.2) is 13.6 Å². The van der Waals surface area contributed by atoms with Crippen LogP contribution in [0, 0.1) is 0 Å². The van der Waals surface area contributed by atoms with Crippen LogP contribution in [0.25, 0.3) is 0 Å². The van der Waals surface area contributed by atoms with E-state index in [1.54, 1.807) is 12.3 Å². The number of primary sulfonamides is 1. The highest BCUT2D eigenvalue weighted by molar-refractivity contribution is 7.89. The van der Waals surface area contributed by atoms with Crippen LogP contribution in [0.5, 0.6) is 5.75 Å². The first-order valence-electron chi connectivity index (χ1n) is 5.88. The molecule has 0 bridgehead atoms. The van der Waals surface area contributed by atoms with Crippen molar-refractivity contribution >= 4 is 10.0 Å². The minimum absolute atomic E-state index is 0.0180. The van der Waals surface area contributed by atoms with Gasteiger partial charge in [0.15, 0.2) is 0 Å². The number of nitrogens with zero attached hydrogens (tertiary/aromatic N) is 1. The summed E-state index contributed by atoms with van der Waals surface area (Å²) in [6.07, 6.45) is 3.59. The Hall–Kier alpha value is -1.14. The monoisotopic (exact) mass is 270 g/mol. The quantitative estimate of drug-likeness (QED) is 0.903. The summed E-state index contributed by atoms with van der Waals surface area (Å²) in [6, 6.07) is 1.56. The van der Waals surface area contributed by atoms with Crippen LogP contribution in [0.2, 0.25) is 0 Å². The van der Waals surface area contributed by atoms with Gasteiger partial charge in [0.05, 0.1) is 11.8 Å². The Balaban J connectivity index is 2.59. The largest absolute Gasteiger partial charge is 0.489 e. The molecular formula is C12H18N2O3S. The standard InChI is InChI=1S/C12H18N2O3S/c1-12(2,3)11-10(18(13,15)16)9(6-7-14-11)17-8-4-5-8/h6-8H,4-5H2,1-3H3,(H2,13,15,16). The highest BCUT2D eigenvalue weighted by Gasteiger charge is 2.32. The first-order chi connectivity index (χ1) is 8.19. The summed E-state index contributed by atoms with van der Waals surface area (Å²) < 4.78 is 29.2. The van der Waals surface area contributed by atoms with Gasteiger partial charge in [-0.2, -0.15) is 0 Å². The van der Waals surface area contributed by atoms with Crippen LogP contribution in [-0.4, -0.2) is 19.5 Å². The lowest BCUT2D eigenvalue weighted by Gasteiger charge is -2.22. The lowest BCUT2D eigenvalue weighted by molar-refractivity contribution is 0.292. The highest BCUT2D eigenvalue weighted by atomic mass is 32.2. The number of hydrogen-bond donors (Lipinski definition) is 1. The molecule has 0 unspecified atom stereocenters. The van der Waals surface area contributed by atoms with Crippen molar-refractivity contribution < 1.29 is 13.2 Å². The van der Waals surface area contributed by atoms with Gasteiger partial charge in [-0.15, -0.1) is 0 Å². The number of hydrogen-bond acceptors (Lipinski definition) is 4. The Bertz CT molecular complexity index is 557. The second kappa shape index (κ2) is 4.20. The number of pyridine rings is 1. The van der Waals surface area contributed by atoms with Crippen LogP contribution in [0.15, 0.2) is 17.2 Å². The number of rotatable bonds is 3. The molecule has 1 heterocycles. The van der Waals surface area contributed by atoms with Gasteiger partial charge in [0.1, 0.15) is 10.6 Å². The zero-order chi connectivity index (χ0) is 13.6. The fraction of sp³-hybridized carbons (Fsp3) is 0.583. The van der Waals surface area contributed by atoms with Crippen LogP contribution in [0.3, 0.4) is 0 Å². The van der Waals surface area contributed by atoms with E-state index in [0.29, 0.717) is 11.4 Å². The van der Waals surface area contributed by atoms with Crippen LogP contribution in [0.4, 0.5) is 0 Å². The van der Waals surface area contributed by atoms with Crippen molar-refractivity contribution in [3.63, 3.8) is 0 Å². The maximum absolute atomic E-state index is 11.8. The molecule has 0 radical (unpaired) electrons. The normalized spacial score (nSPS) is 16.7. The Morgan fingerprint density at radius 3 is 2.44 bits per heavy atom. The summed E-state index contributed by atoms with van der Waals surface area (Å²) >= 11 is 0. The maximum atomic E-state index is 11.8. The van der Waals surface area contributed by atoms with E-state index in [2.05, 4.69) is 4.98 Å². The number of aromatic nitrogens is 1. The molecule has 0 amide bonds. The van der Waals surface area contributed by atoms with E-state index in [1.807, 2.05) is 20.8 Å². The fourth-order valence-corrected chi connectivity index (χ4v) is 2.72. The molecule has 5 nitrogen and oxygen atoms in total. The zero-order valence-corrected chi connectivity index (χ0v) is 11.6. The van der Waals surface area contributed by atoms with Gasteiger partial charge >= 0.3 is 0 Å². The van der Waals surface area contributed by atoms with Gasteiger partial charge < -0.3 is 4.74 Å². The summed E-state index contributed by atoms with van der Waals surface area (Å²) in [6.45, 7) is 5.68. The van der Waals surface area contributed by atoms with Crippen LogP contribution < -0.4 is 9.88 Å². The van der Waals surface area contributed by atoms with E-state index < -0.39 is 15.4 Å². The molecule has 1 saturated carbocycles. The minimum Gasteiger partial charge on any atom is -0.489 e. The first-order valence-corrected chi connectivity index (χ1v) is 7.43. The van der Waals surface area contributed by atoms with Gasteiger partial charge in [0.25, 0.3) is 0 Å². The molecule has 1 aromatic rings. The van der Waals surface area contributed by atoms with E-state index in [0.717, 1.165) is 12.8 Å². The van der Waals surface area contributed by atoms with Crippen LogP contribution >= 0.6 is 0 Å². The van der Waals surface area contributed by atoms with Crippen molar-refractivity contribution in [3.05, 3.63) is 18.0 Å². The molecule has 2 N–H and O–H groups in total. The Labute approximate surface area is 107 Å². The second-order valence-corrected chi connectivity index (χ2v) is 7.10. The van der Waals surface area contributed by atoms with E-state index in [-0.39, 0.29) is 11.0 Å². The average molecular weight is 270 g/mol. The maximum Gasteiger partial charge on any atom is 0.243 e. The molecule has 1 aromatic heterocycles. The molecule has 0 aromatic carbocycles. The van der Waals surface area contributed by atoms with E-state index in [4.69, 9.17) is 9.88 Å². The van der Waals surface area contributed by atoms with Gasteiger partial charge in [-0.3, -0.25) is 4.98 Å². The molecule has 1 aliphatic carbocycles. The van der Waals surface area contributed by atoms with Gasteiger partial charge in [-0.1, -0.05) is 20.8 Å². The van der Waals surface area contributed by atoms with Crippen molar-refractivity contribution in [1.82, 2.24) is 4.98 Å². The molecule has 6 heteroatoms. The molecule has 1 aliphatic rings. The van der Waals surface area contributed by atoms with Crippen molar-refractivity contribution in [3.8, 4) is 5.75 Å². The molecule has 1 fully saturated rings. The predicted octanol–water partition coefficient (Wildman–Crippen LogP) is 1.57. The third kappa shape index (κ3) is 2.81. The van der Waals surface area contributed by atoms with Gasteiger partial charge in [-0.05, 0) is 18.9 Å². The second-order valence-electron chi connectivity index (χ2n) is 5.60. The summed E-state index contributed by atoms with van der Waals surface area (Å²) in [5.41, 5.74) is 0.0354. The molecule has 0 atom stereocenters. The van der Waals surface area contributed by atoms with Crippen molar-refractivity contribution in [2.24, 2.45) is 5.14 Å². The first kappa shape index (κ1) is 13.3.